The van der Waals surface area contributed by atoms with Crippen molar-refractivity contribution in [2.24, 2.45) is 0 Å². The number of fused-ring (bicyclic) bond motifs is 1. The topological polar surface area (TPSA) is 74.3 Å². The molecule has 3 aromatic heterocycles. The molecular formula is C31H27N5O2S. The van der Waals surface area contributed by atoms with Crippen LogP contribution in [0, 0.1) is 0 Å². The molecular weight excluding hydrogens is 506 g/mol. The first-order valence-electron chi connectivity index (χ1n) is 12.6. The Labute approximate surface area is 229 Å². The maximum absolute atomic E-state index is 13.4. The highest BCUT2D eigenvalue weighted by Gasteiger charge is 2.17. The molecule has 0 aliphatic rings. The molecule has 39 heavy (non-hydrogen) atoms. The molecule has 6 rings (SSSR count). The number of hydrogen-bond acceptors (Lipinski definition) is 6. The van der Waals surface area contributed by atoms with Crippen molar-refractivity contribution in [3.8, 4) is 34.1 Å². The zero-order valence-electron chi connectivity index (χ0n) is 22.1. The van der Waals surface area contributed by atoms with Crippen LogP contribution >= 0.6 is 11.3 Å². The molecule has 6 aromatic rings. The molecule has 7 nitrogen and oxygen atoms in total. The number of ether oxygens (including phenoxy) is 1. The summed E-state index contributed by atoms with van der Waals surface area (Å²) in [6.45, 7) is 6.54. The fourth-order valence-electron chi connectivity index (χ4n) is 4.40. The van der Waals surface area contributed by atoms with Gasteiger partial charge in [-0.1, -0.05) is 74.6 Å². The Kier molecular flexibility index (Phi) is 6.12. The average molecular weight is 534 g/mol. The van der Waals surface area contributed by atoms with Gasteiger partial charge in [0.25, 0.3) is 5.56 Å². The third-order valence-corrected chi connectivity index (χ3v) is 7.56. The molecule has 194 valence electrons. The van der Waals surface area contributed by atoms with Gasteiger partial charge in [-0.05, 0) is 53.5 Å². The summed E-state index contributed by atoms with van der Waals surface area (Å²) in [4.78, 5) is 18.6. The van der Waals surface area contributed by atoms with Crippen LogP contribution in [0.1, 0.15) is 31.9 Å². The summed E-state index contributed by atoms with van der Waals surface area (Å²) >= 11 is 1.32. The van der Waals surface area contributed by atoms with Gasteiger partial charge in [-0.3, -0.25) is 4.79 Å². The van der Waals surface area contributed by atoms with Crippen molar-refractivity contribution < 1.29 is 4.74 Å². The zero-order valence-corrected chi connectivity index (χ0v) is 22.9. The van der Waals surface area contributed by atoms with Gasteiger partial charge in [-0.2, -0.15) is 14.6 Å². The highest BCUT2D eigenvalue weighted by atomic mass is 32.1. The molecule has 3 aromatic carbocycles. The van der Waals surface area contributed by atoms with Crippen molar-refractivity contribution in [3.63, 3.8) is 0 Å². The number of rotatable bonds is 5. The fourth-order valence-corrected chi connectivity index (χ4v) is 5.29. The van der Waals surface area contributed by atoms with Crippen LogP contribution < -0.4 is 14.8 Å². The molecule has 8 heteroatoms. The van der Waals surface area contributed by atoms with E-state index in [1.54, 1.807) is 7.11 Å². The summed E-state index contributed by atoms with van der Waals surface area (Å²) in [5, 5.41) is 9.40. The van der Waals surface area contributed by atoms with E-state index in [-0.39, 0.29) is 11.0 Å². The van der Waals surface area contributed by atoms with Gasteiger partial charge in [0.2, 0.25) is 4.96 Å². The number of aromatic nitrogens is 5. The first-order valence-corrected chi connectivity index (χ1v) is 13.4. The van der Waals surface area contributed by atoms with Crippen molar-refractivity contribution in [1.29, 1.82) is 0 Å². The van der Waals surface area contributed by atoms with Crippen LogP contribution in [0.2, 0.25) is 0 Å². The lowest BCUT2D eigenvalue weighted by atomic mass is 9.87. The summed E-state index contributed by atoms with van der Waals surface area (Å²) in [5.41, 5.74) is 5.42. The normalized spacial score (nSPS) is 12.4. The van der Waals surface area contributed by atoms with Crippen LogP contribution in [0.25, 0.3) is 39.4 Å². The monoisotopic (exact) mass is 533 g/mol. The minimum atomic E-state index is -0.201. The van der Waals surface area contributed by atoms with Crippen molar-refractivity contribution in [2.75, 3.05) is 7.11 Å². The molecule has 0 amide bonds. The summed E-state index contributed by atoms with van der Waals surface area (Å²) in [6.07, 6.45) is 3.81. The molecule has 0 unspecified atom stereocenters. The van der Waals surface area contributed by atoms with Crippen LogP contribution in [0.4, 0.5) is 0 Å². The Hall–Kier alpha value is -4.56. The summed E-state index contributed by atoms with van der Waals surface area (Å²) in [6, 6.07) is 25.8. The number of hydrogen-bond donors (Lipinski definition) is 0. The molecule has 0 saturated heterocycles. The first kappa shape index (κ1) is 24.8. The molecule has 0 atom stereocenters. The van der Waals surface area contributed by atoms with E-state index >= 15 is 0 Å². The Bertz CT molecular complexity index is 1880. The zero-order chi connectivity index (χ0) is 27.1. The number of methoxy groups -OCH3 is 1. The van der Waals surface area contributed by atoms with Crippen molar-refractivity contribution in [2.45, 2.75) is 26.2 Å². The van der Waals surface area contributed by atoms with Gasteiger partial charge in [0.1, 0.15) is 11.4 Å². The molecule has 0 N–H and O–H groups in total. The second-order valence-electron chi connectivity index (χ2n) is 10.3. The van der Waals surface area contributed by atoms with E-state index < -0.39 is 0 Å². The largest absolute Gasteiger partial charge is 0.497 e. The summed E-state index contributed by atoms with van der Waals surface area (Å²) < 4.78 is 9.07. The maximum atomic E-state index is 13.4. The van der Waals surface area contributed by atoms with Gasteiger partial charge >= 0.3 is 0 Å². The summed E-state index contributed by atoms with van der Waals surface area (Å²) in [5.74, 6) is 1.31. The Morgan fingerprint density at radius 3 is 2.21 bits per heavy atom. The minimum absolute atomic E-state index is 0.0619. The highest BCUT2D eigenvalue weighted by Crippen LogP contribution is 2.27. The lowest BCUT2D eigenvalue weighted by Crippen LogP contribution is -2.23. The standard InChI is InChI=1S/C31H27N5O2S/c1-31(2,3)23-14-10-21(11-15-23)28-32-30-36(34-28)29(37)26(39-30)18-22-19-35(24-8-6-5-7-9-24)33-27(22)20-12-16-25(38-4)17-13-20/h5-19H,1-4H3. The molecule has 0 bridgehead atoms. The molecule has 0 saturated carbocycles. The van der Waals surface area contributed by atoms with Crippen molar-refractivity contribution in [3.05, 3.63) is 111 Å². The molecule has 0 aliphatic carbocycles. The first-order chi connectivity index (χ1) is 18.8. The SMILES string of the molecule is COc1ccc(-c2nn(-c3ccccc3)cc2C=c2sc3nc(-c4ccc(C(C)(C)C)cc4)nn3c2=O)cc1. The van der Waals surface area contributed by atoms with E-state index in [4.69, 9.17) is 9.84 Å². The van der Waals surface area contributed by atoms with Gasteiger partial charge < -0.3 is 4.74 Å². The van der Waals surface area contributed by atoms with Gasteiger partial charge in [-0.15, -0.1) is 5.10 Å². The van der Waals surface area contributed by atoms with Crippen LogP contribution in [-0.2, 0) is 5.41 Å². The highest BCUT2D eigenvalue weighted by molar-refractivity contribution is 7.15. The lowest BCUT2D eigenvalue weighted by molar-refractivity contribution is 0.415. The van der Waals surface area contributed by atoms with E-state index in [0.29, 0.717) is 15.3 Å². The number of nitrogens with zero attached hydrogens (tertiary/aromatic N) is 5. The Balaban J connectivity index is 1.42. The molecule has 0 aliphatic heterocycles. The van der Waals surface area contributed by atoms with E-state index in [1.165, 1.54) is 21.4 Å². The van der Waals surface area contributed by atoms with E-state index in [0.717, 1.165) is 33.8 Å². The second-order valence-corrected chi connectivity index (χ2v) is 11.3. The van der Waals surface area contributed by atoms with Gasteiger partial charge in [0.05, 0.1) is 17.3 Å². The molecule has 0 fully saturated rings. The number of benzene rings is 3. The molecule has 0 radical (unpaired) electrons. The van der Waals surface area contributed by atoms with Gasteiger partial charge in [-0.25, -0.2) is 4.68 Å². The maximum Gasteiger partial charge on any atom is 0.291 e. The van der Waals surface area contributed by atoms with E-state index in [1.807, 2.05) is 83.7 Å². The minimum Gasteiger partial charge on any atom is -0.497 e. The third kappa shape index (κ3) is 4.75. The average Bonchev–Trinajstić information content (AvgIpc) is 3.64. The van der Waals surface area contributed by atoms with Gasteiger partial charge in [0, 0.05) is 22.9 Å². The van der Waals surface area contributed by atoms with Crippen LogP contribution in [0.15, 0.2) is 89.9 Å². The smallest absolute Gasteiger partial charge is 0.291 e. The van der Waals surface area contributed by atoms with Crippen LogP contribution in [0.5, 0.6) is 5.75 Å². The Morgan fingerprint density at radius 2 is 1.56 bits per heavy atom. The van der Waals surface area contributed by atoms with E-state index in [9.17, 15) is 4.79 Å². The third-order valence-electron chi connectivity index (χ3n) is 6.60. The molecule has 0 spiro atoms. The van der Waals surface area contributed by atoms with Crippen molar-refractivity contribution >= 4 is 22.4 Å². The van der Waals surface area contributed by atoms with Crippen LogP contribution in [-0.4, -0.2) is 31.5 Å². The summed E-state index contributed by atoms with van der Waals surface area (Å²) in [7, 11) is 1.64. The number of thiazole rings is 1. The van der Waals surface area contributed by atoms with E-state index in [2.05, 4.69) is 43.0 Å². The number of para-hydroxylation sites is 1. The predicted molar refractivity (Wildman–Crippen MR) is 156 cm³/mol. The Morgan fingerprint density at radius 1 is 0.872 bits per heavy atom. The predicted octanol–water partition coefficient (Wildman–Crippen LogP) is 5.52. The van der Waals surface area contributed by atoms with Gasteiger partial charge in [0.15, 0.2) is 5.82 Å². The fraction of sp³-hybridized carbons (Fsp3) is 0.161. The lowest BCUT2D eigenvalue weighted by Gasteiger charge is -2.18. The second kappa shape index (κ2) is 9.63. The quantitative estimate of drug-likeness (QED) is 0.292. The molecule has 3 heterocycles. The van der Waals surface area contributed by atoms with Crippen LogP contribution in [0.3, 0.4) is 0 Å². The van der Waals surface area contributed by atoms with Crippen molar-refractivity contribution in [1.82, 2.24) is 24.4 Å².